The van der Waals surface area contributed by atoms with E-state index in [4.69, 9.17) is 0 Å². The first-order valence-corrected chi connectivity index (χ1v) is 11.7. The SMILES string of the molecule is CN1CCCC2CC(NC(=O)c3n[nH]c4ccc(N5CCSCC5)cc34)CC21. The molecule has 0 radical (unpaired) electrons. The fraction of sp³-hybridized carbons (Fsp3) is 0.619. The van der Waals surface area contributed by atoms with Crippen LogP contribution in [0.4, 0.5) is 5.69 Å². The van der Waals surface area contributed by atoms with Crippen molar-refractivity contribution in [3.63, 3.8) is 0 Å². The number of H-pyrrole nitrogens is 1. The summed E-state index contributed by atoms with van der Waals surface area (Å²) in [6, 6.07) is 7.20. The number of likely N-dealkylation sites (tertiary alicyclic amines) is 1. The summed E-state index contributed by atoms with van der Waals surface area (Å²) in [5.74, 6) is 3.01. The Hall–Kier alpha value is -1.73. The van der Waals surface area contributed by atoms with Crippen LogP contribution in [0.2, 0.25) is 0 Å². The van der Waals surface area contributed by atoms with Crippen molar-refractivity contribution in [2.75, 3.05) is 43.1 Å². The molecule has 3 unspecified atom stereocenters. The van der Waals surface area contributed by atoms with Gasteiger partial charge in [-0.2, -0.15) is 16.9 Å². The molecule has 1 amide bonds. The van der Waals surface area contributed by atoms with Gasteiger partial charge < -0.3 is 15.1 Å². The van der Waals surface area contributed by atoms with Crippen LogP contribution in [-0.4, -0.2) is 71.3 Å². The number of fused-ring (bicyclic) bond motifs is 2. The summed E-state index contributed by atoms with van der Waals surface area (Å²) < 4.78 is 0. The van der Waals surface area contributed by atoms with E-state index in [0.29, 0.717) is 11.7 Å². The van der Waals surface area contributed by atoms with E-state index >= 15 is 0 Å². The van der Waals surface area contributed by atoms with E-state index in [1.165, 1.54) is 25.1 Å². The number of carbonyl (C=O) groups is 1. The second-order valence-corrected chi connectivity index (χ2v) is 9.72. The fourth-order valence-corrected chi connectivity index (χ4v) is 6.19. The van der Waals surface area contributed by atoms with Gasteiger partial charge in [-0.25, -0.2) is 0 Å². The molecule has 1 aromatic heterocycles. The Kier molecular flexibility index (Phi) is 4.97. The minimum Gasteiger partial charge on any atom is -0.370 e. The highest BCUT2D eigenvalue weighted by Crippen LogP contribution is 2.36. The Morgan fingerprint density at radius 1 is 1.25 bits per heavy atom. The Labute approximate surface area is 170 Å². The van der Waals surface area contributed by atoms with E-state index in [-0.39, 0.29) is 11.9 Å². The van der Waals surface area contributed by atoms with Gasteiger partial charge in [-0.3, -0.25) is 9.89 Å². The topological polar surface area (TPSA) is 64.3 Å². The van der Waals surface area contributed by atoms with Gasteiger partial charge in [-0.05, 0) is 63.4 Å². The Balaban J connectivity index is 1.33. The van der Waals surface area contributed by atoms with Gasteiger partial charge in [-0.1, -0.05) is 0 Å². The van der Waals surface area contributed by atoms with Crippen LogP contribution in [0.1, 0.15) is 36.2 Å². The lowest BCUT2D eigenvalue weighted by Crippen LogP contribution is -2.40. The van der Waals surface area contributed by atoms with Crippen molar-refractivity contribution in [2.45, 2.75) is 37.8 Å². The molecule has 28 heavy (non-hydrogen) atoms. The number of thioether (sulfide) groups is 1. The zero-order valence-corrected chi connectivity index (χ0v) is 17.3. The van der Waals surface area contributed by atoms with E-state index in [0.717, 1.165) is 54.3 Å². The molecule has 2 N–H and O–H groups in total. The molecule has 3 heterocycles. The van der Waals surface area contributed by atoms with Crippen molar-refractivity contribution in [1.29, 1.82) is 0 Å². The highest BCUT2D eigenvalue weighted by molar-refractivity contribution is 7.99. The third kappa shape index (κ3) is 3.39. The number of benzene rings is 1. The summed E-state index contributed by atoms with van der Waals surface area (Å²) >= 11 is 2.01. The fourth-order valence-electron chi connectivity index (χ4n) is 5.29. The number of aromatic amines is 1. The Morgan fingerprint density at radius 2 is 2.11 bits per heavy atom. The summed E-state index contributed by atoms with van der Waals surface area (Å²) in [7, 11) is 2.23. The Morgan fingerprint density at radius 3 is 2.93 bits per heavy atom. The average Bonchev–Trinajstić information content (AvgIpc) is 3.32. The molecule has 2 aromatic rings. The first-order valence-electron chi connectivity index (χ1n) is 10.5. The molecule has 5 rings (SSSR count). The van der Waals surface area contributed by atoms with Gasteiger partial charge in [0.2, 0.25) is 0 Å². The normalized spacial score (nSPS) is 28.5. The van der Waals surface area contributed by atoms with Gasteiger partial charge in [0.15, 0.2) is 5.69 Å². The molecule has 1 aliphatic carbocycles. The molecule has 150 valence electrons. The highest BCUT2D eigenvalue weighted by Gasteiger charge is 2.39. The van der Waals surface area contributed by atoms with Crippen molar-refractivity contribution in [2.24, 2.45) is 5.92 Å². The third-order valence-corrected chi connectivity index (χ3v) is 7.72. The second kappa shape index (κ2) is 7.59. The summed E-state index contributed by atoms with van der Waals surface area (Å²) in [5, 5.41) is 11.6. The summed E-state index contributed by atoms with van der Waals surface area (Å²) in [4.78, 5) is 17.9. The minimum absolute atomic E-state index is 0.0381. The number of carbonyl (C=O) groups excluding carboxylic acids is 1. The largest absolute Gasteiger partial charge is 0.370 e. The number of nitrogens with one attached hydrogen (secondary N) is 2. The van der Waals surface area contributed by atoms with Crippen LogP contribution >= 0.6 is 11.8 Å². The average molecular weight is 400 g/mol. The van der Waals surface area contributed by atoms with Crippen molar-refractivity contribution < 1.29 is 4.79 Å². The van der Waals surface area contributed by atoms with Crippen LogP contribution in [0.5, 0.6) is 0 Å². The predicted molar refractivity (Wildman–Crippen MR) is 115 cm³/mol. The number of amides is 1. The smallest absolute Gasteiger partial charge is 0.272 e. The van der Waals surface area contributed by atoms with E-state index in [1.54, 1.807) is 0 Å². The number of nitrogens with zero attached hydrogens (tertiary/aromatic N) is 3. The molecule has 1 aromatic carbocycles. The maximum absolute atomic E-state index is 13.0. The molecule has 6 nitrogen and oxygen atoms in total. The Bertz CT molecular complexity index is 862. The van der Waals surface area contributed by atoms with Crippen LogP contribution < -0.4 is 10.2 Å². The first kappa shape index (κ1) is 18.3. The van der Waals surface area contributed by atoms with E-state index < -0.39 is 0 Å². The lowest BCUT2D eigenvalue weighted by molar-refractivity contribution is 0.0932. The van der Waals surface area contributed by atoms with E-state index in [1.807, 2.05) is 11.8 Å². The standard InChI is InChI=1S/C21H29N5OS/c1-25-6-2-3-14-11-15(12-19(14)25)22-21(27)20-17-13-16(4-5-18(17)23-24-20)26-7-9-28-10-8-26/h4-5,13-15,19H,2-3,6-12H2,1H3,(H,22,27)(H,23,24). The van der Waals surface area contributed by atoms with Gasteiger partial charge in [0.25, 0.3) is 5.91 Å². The molecule has 1 saturated carbocycles. The molecular formula is C21H29N5OS. The molecule has 0 bridgehead atoms. The molecule has 7 heteroatoms. The lowest BCUT2D eigenvalue weighted by atomic mass is 9.92. The zero-order valence-electron chi connectivity index (χ0n) is 16.5. The van der Waals surface area contributed by atoms with Crippen molar-refractivity contribution >= 4 is 34.3 Å². The first-order chi connectivity index (χ1) is 13.7. The number of aromatic nitrogens is 2. The van der Waals surface area contributed by atoms with Gasteiger partial charge in [0, 0.05) is 47.8 Å². The molecule has 3 fully saturated rings. The monoisotopic (exact) mass is 399 g/mol. The number of hydrogen-bond acceptors (Lipinski definition) is 5. The second-order valence-electron chi connectivity index (χ2n) is 8.49. The zero-order chi connectivity index (χ0) is 19.1. The van der Waals surface area contributed by atoms with Gasteiger partial charge >= 0.3 is 0 Å². The van der Waals surface area contributed by atoms with E-state index in [9.17, 15) is 4.79 Å². The highest BCUT2D eigenvalue weighted by atomic mass is 32.2. The number of hydrogen-bond donors (Lipinski definition) is 2. The number of anilines is 1. The molecular weight excluding hydrogens is 370 g/mol. The van der Waals surface area contributed by atoms with Gasteiger partial charge in [-0.15, -0.1) is 0 Å². The summed E-state index contributed by atoms with van der Waals surface area (Å²) in [6.07, 6.45) is 4.73. The van der Waals surface area contributed by atoms with Crippen LogP contribution in [0.15, 0.2) is 18.2 Å². The molecule has 2 aliphatic heterocycles. The van der Waals surface area contributed by atoms with Crippen molar-refractivity contribution in [3.8, 4) is 0 Å². The number of piperidine rings is 1. The predicted octanol–water partition coefficient (Wildman–Crippen LogP) is 2.72. The van der Waals surface area contributed by atoms with Crippen LogP contribution in [0.3, 0.4) is 0 Å². The third-order valence-electron chi connectivity index (χ3n) is 6.78. The van der Waals surface area contributed by atoms with Crippen molar-refractivity contribution in [1.82, 2.24) is 20.4 Å². The van der Waals surface area contributed by atoms with E-state index in [2.05, 4.69) is 50.6 Å². The van der Waals surface area contributed by atoms with Crippen LogP contribution in [-0.2, 0) is 0 Å². The van der Waals surface area contributed by atoms with Crippen molar-refractivity contribution in [3.05, 3.63) is 23.9 Å². The van der Waals surface area contributed by atoms with Gasteiger partial charge in [0.05, 0.1) is 5.52 Å². The molecule has 3 aliphatic rings. The molecule has 3 atom stereocenters. The maximum atomic E-state index is 13.0. The summed E-state index contributed by atoms with van der Waals surface area (Å²) in [5.41, 5.74) is 2.66. The van der Waals surface area contributed by atoms with Gasteiger partial charge in [0.1, 0.15) is 0 Å². The molecule has 2 saturated heterocycles. The van der Waals surface area contributed by atoms with Crippen LogP contribution in [0, 0.1) is 5.92 Å². The molecule has 0 spiro atoms. The quantitative estimate of drug-likeness (QED) is 0.831. The van der Waals surface area contributed by atoms with Crippen LogP contribution in [0.25, 0.3) is 10.9 Å². The minimum atomic E-state index is -0.0381. The summed E-state index contributed by atoms with van der Waals surface area (Å²) in [6.45, 7) is 3.31. The maximum Gasteiger partial charge on any atom is 0.272 e. The number of rotatable bonds is 3. The lowest BCUT2D eigenvalue weighted by Gasteiger charge is -2.34.